The molecule has 1 aliphatic rings. The van der Waals surface area contributed by atoms with Crippen LogP contribution in [0.3, 0.4) is 0 Å². The highest BCUT2D eigenvalue weighted by Crippen LogP contribution is 2.42. The van der Waals surface area contributed by atoms with Gasteiger partial charge in [-0.3, -0.25) is 4.79 Å². The van der Waals surface area contributed by atoms with E-state index in [2.05, 4.69) is 43.2 Å². The van der Waals surface area contributed by atoms with E-state index in [1.165, 1.54) is 19.3 Å². The van der Waals surface area contributed by atoms with E-state index in [0.717, 1.165) is 24.4 Å². The Bertz CT molecular complexity index is 747. The molecule has 0 bridgehead atoms. The molecule has 1 atom stereocenters. The van der Waals surface area contributed by atoms with E-state index in [4.69, 9.17) is 4.52 Å². The standard InChI is InChI=1S/C21H29N3O2/c1-14(2)12-18-23-20(26-24-18)16-9-7-15(8-10-16)19(25)22-13-17-6-5-11-21(17,3)4/h7-10,14,17H,5-6,11-13H2,1-4H3,(H,22,25). The number of carbonyl (C=O) groups is 1. The van der Waals surface area contributed by atoms with Crippen LogP contribution in [-0.4, -0.2) is 22.6 Å². The predicted molar refractivity (Wildman–Crippen MR) is 102 cm³/mol. The van der Waals surface area contributed by atoms with Gasteiger partial charge in [-0.15, -0.1) is 0 Å². The third-order valence-electron chi connectivity index (χ3n) is 5.44. The summed E-state index contributed by atoms with van der Waals surface area (Å²) in [4.78, 5) is 16.8. The van der Waals surface area contributed by atoms with Gasteiger partial charge in [0.1, 0.15) is 0 Å². The van der Waals surface area contributed by atoms with Crippen molar-refractivity contribution in [3.05, 3.63) is 35.7 Å². The molecule has 1 N–H and O–H groups in total. The normalized spacial score (nSPS) is 19.0. The van der Waals surface area contributed by atoms with Crippen LogP contribution < -0.4 is 5.32 Å². The maximum absolute atomic E-state index is 12.4. The Labute approximate surface area is 155 Å². The molecule has 0 aliphatic heterocycles. The van der Waals surface area contributed by atoms with E-state index in [1.807, 2.05) is 24.3 Å². The Morgan fingerprint density at radius 3 is 2.65 bits per heavy atom. The van der Waals surface area contributed by atoms with Crippen molar-refractivity contribution in [2.24, 2.45) is 17.3 Å². The van der Waals surface area contributed by atoms with Gasteiger partial charge in [0.2, 0.25) is 0 Å². The molecule has 140 valence electrons. The zero-order valence-electron chi connectivity index (χ0n) is 16.2. The first kappa shape index (κ1) is 18.6. The highest BCUT2D eigenvalue weighted by Gasteiger charge is 2.34. The lowest BCUT2D eigenvalue weighted by Crippen LogP contribution is -2.33. The van der Waals surface area contributed by atoms with E-state index in [-0.39, 0.29) is 5.91 Å². The second-order valence-corrected chi connectivity index (χ2v) is 8.48. The van der Waals surface area contributed by atoms with E-state index in [9.17, 15) is 4.79 Å². The largest absolute Gasteiger partial charge is 0.352 e. The van der Waals surface area contributed by atoms with Gasteiger partial charge in [-0.1, -0.05) is 39.3 Å². The number of hydrogen-bond donors (Lipinski definition) is 1. The highest BCUT2D eigenvalue weighted by molar-refractivity contribution is 5.94. The average Bonchev–Trinajstić information content (AvgIpc) is 3.18. The number of nitrogens with zero attached hydrogens (tertiary/aromatic N) is 2. The van der Waals surface area contributed by atoms with E-state index >= 15 is 0 Å². The van der Waals surface area contributed by atoms with Crippen LogP contribution in [0.2, 0.25) is 0 Å². The van der Waals surface area contributed by atoms with Crippen molar-refractivity contribution in [2.75, 3.05) is 6.54 Å². The Kier molecular flexibility index (Phi) is 5.44. The molecule has 1 aliphatic carbocycles. The molecule has 5 nitrogen and oxygen atoms in total. The summed E-state index contributed by atoms with van der Waals surface area (Å²) in [6.07, 6.45) is 4.49. The van der Waals surface area contributed by atoms with Gasteiger partial charge in [-0.2, -0.15) is 4.98 Å². The van der Waals surface area contributed by atoms with Gasteiger partial charge in [0.25, 0.3) is 11.8 Å². The smallest absolute Gasteiger partial charge is 0.257 e. The number of rotatable bonds is 6. The van der Waals surface area contributed by atoms with Crippen LogP contribution in [-0.2, 0) is 6.42 Å². The summed E-state index contributed by atoms with van der Waals surface area (Å²) >= 11 is 0. The molecule has 1 amide bonds. The number of nitrogens with one attached hydrogen (secondary N) is 1. The van der Waals surface area contributed by atoms with Crippen LogP contribution in [0.5, 0.6) is 0 Å². The molecule has 0 spiro atoms. The lowest BCUT2D eigenvalue weighted by molar-refractivity contribution is 0.0937. The van der Waals surface area contributed by atoms with E-state index < -0.39 is 0 Å². The maximum Gasteiger partial charge on any atom is 0.257 e. The topological polar surface area (TPSA) is 68.0 Å². The quantitative estimate of drug-likeness (QED) is 0.829. The van der Waals surface area contributed by atoms with E-state index in [0.29, 0.717) is 28.7 Å². The number of benzene rings is 1. The second-order valence-electron chi connectivity index (χ2n) is 8.48. The summed E-state index contributed by atoms with van der Waals surface area (Å²) in [5.41, 5.74) is 1.82. The summed E-state index contributed by atoms with van der Waals surface area (Å²) in [6, 6.07) is 7.36. The summed E-state index contributed by atoms with van der Waals surface area (Å²) in [5, 5.41) is 7.10. The zero-order chi connectivity index (χ0) is 18.7. The summed E-state index contributed by atoms with van der Waals surface area (Å²) < 4.78 is 5.33. The van der Waals surface area contributed by atoms with Crippen molar-refractivity contribution in [3.63, 3.8) is 0 Å². The molecule has 0 saturated heterocycles. The van der Waals surface area contributed by atoms with Crippen molar-refractivity contribution in [1.82, 2.24) is 15.5 Å². The monoisotopic (exact) mass is 355 g/mol. The van der Waals surface area contributed by atoms with E-state index in [1.54, 1.807) is 0 Å². The van der Waals surface area contributed by atoms with Gasteiger partial charge in [0.15, 0.2) is 5.82 Å². The summed E-state index contributed by atoms with van der Waals surface area (Å²) in [5.74, 6) is 2.24. The first-order valence-electron chi connectivity index (χ1n) is 9.56. The third-order valence-corrected chi connectivity index (χ3v) is 5.44. The lowest BCUT2D eigenvalue weighted by atomic mass is 9.82. The fourth-order valence-electron chi connectivity index (χ4n) is 3.68. The van der Waals surface area contributed by atoms with Crippen LogP contribution in [0, 0.1) is 17.3 Å². The first-order chi connectivity index (χ1) is 12.3. The molecule has 0 radical (unpaired) electrons. The van der Waals surface area contributed by atoms with Gasteiger partial charge < -0.3 is 9.84 Å². The minimum Gasteiger partial charge on any atom is -0.352 e. The second kappa shape index (κ2) is 7.60. The summed E-state index contributed by atoms with van der Waals surface area (Å²) in [6.45, 7) is 9.58. The van der Waals surface area contributed by atoms with Crippen LogP contribution in [0.1, 0.15) is 63.1 Å². The van der Waals surface area contributed by atoms with Gasteiger partial charge >= 0.3 is 0 Å². The minimum atomic E-state index is -0.0229. The van der Waals surface area contributed by atoms with Gasteiger partial charge in [0.05, 0.1) is 0 Å². The Balaban J connectivity index is 1.60. The highest BCUT2D eigenvalue weighted by atomic mass is 16.5. The van der Waals surface area contributed by atoms with Crippen LogP contribution >= 0.6 is 0 Å². The Morgan fingerprint density at radius 2 is 2.04 bits per heavy atom. The number of amides is 1. The van der Waals surface area contributed by atoms with Crippen molar-refractivity contribution < 1.29 is 9.32 Å². The SMILES string of the molecule is CC(C)Cc1noc(-c2ccc(C(=O)NCC3CCCC3(C)C)cc2)n1. The van der Waals surface area contributed by atoms with Crippen molar-refractivity contribution in [2.45, 2.75) is 53.4 Å². The Hall–Kier alpha value is -2.17. The fraction of sp³-hybridized carbons (Fsp3) is 0.571. The van der Waals surface area contributed by atoms with Crippen molar-refractivity contribution in [1.29, 1.82) is 0 Å². The molecule has 3 rings (SSSR count). The predicted octanol–water partition coefficient (Wildman–Crippen LogP) is 4.49. The van der Waals surface area contributed by atoms with Crippen molar-refractivity contribution >= 4 is 5.91 Å². The van der Waals surface area contributed by atoms with Crippen LogP contribution in [0.25, 0.3) is 11.5 Å². The number of aromatic nitrogens is 2. The van der Waals surface area contributed by atoms with Crippen LogP contribution in [0.4, 0.5) is 0 Å². The molecular formula is C21H29N3O2. The molecule has 1 unspecified atom stereocenters. The van der Waals surface area contributed by atoms with Gasteiger partial charge in [-0.05, 0) is 54.4 Å². The molecule has 1 heterocycles. The third kappa shape index (κ3) is 4.32. The minimum absolute atomic E-state index is 0.0229. The molecule has 1 fully saturated rings. The lowest BCUT2D eigenvalue weighted by Gasteiger charge is -2.27. The maximum atomic E-state index is 12.4. The fourth-order valence-corrected chi connectivity index (χ4v) is 3.68. The van der Waals surface area contributed by atoms with Crippen LogP contribution in [0.15, 0.2) is 28.8 Å². The summed E-state index contributed by atoms with van der Waals surface area (Å²) in [7, 11) is 0. The molecule has 2 aromatic rings. The number of hydrogen-bond acceptors (Lipinski definition) is 4. The first-order valence-corrected chi connectivity index (χ1v) is 9.56. The Morgan fingerprint density at radius 1 is 1.31 bits per heavy atom. The van der Waals surface area contributed by atoms with Gasteiger partial charge in [-0.25, -0.2) is 0 Å². The molecule has 1 saturated carbocycles. The zero-order valence-corrected chi connectivity index (χ0v) is 16.2. The molecule has 26 heavy (non-hydrogen) atoms. The molecule has 1 aromatic heterocycles. The van der Waals surface area contributed by atoms with Gasteiger partial charge in [0, 0.05) is 24.1 Å². The average molecular weight is 355 g/mol. The van der Waals surface area contributed by atoms with Crippen molar-refractivity contribution in [3.8, 4) is 11.5 Å². The molecule has 1 aromatic carbocycles. The molecular weight excluding hydrogens is 326 g/mol. The molecule has 5 heteroatoms. The number of carbonyl (C=O) groups excluding carboxylic acids is 1.